The van der Waals surface area contributed by atoms with Crippen LogP contribution in [-0.4, -0.2) is 0 Å². The molecule has 15 heavy (non-hydrogen) atoms. The molecule has 0 spiro atoms. The van der Waals surface area contributed by atoms with Gasteiger partial charge in [-0.25, -0.2) is 0 Å². The summed E-state index contributed by atoms with van der Waals surface area (Å²) in [6.45, 7) is 2.10. The van der Waals surface area contributed by atoms with Gasteiger partial charge in [0.15, 0.2) is 5.57 Å². The fourth-order valence-corrected chi connectivity index (χ4v) is 1.46. The molecule has 2 rings (SSSR count). The second-order valence-electron chi connectivity index (χ2n) is 3.45. The zero-order valence-electron chi connectivity index (χ0n) is 8.70. The molecule has 0 N–H and O–H groups in total. The van der Waals surface area contributed by atoms with Crippen LogP contribution in [0.1, 0.15) is 17.5 Å². The highest BCUT2D eigenvalue weighted by Crippen LogP contribution is 2.18. The molecule has 0 heterocycles. The molecular formula is C14H13Br. The fourth-order valence-electron chi connectivity index (χ4n) is 1.46. The largest absolute Gasteiger partial charge is 1.00 e. The molecular weight excluding hydrogens is 248 g/mol. The average Bonchev–Trinajstić information content (AvgIpc) is 2.47. The molecule has 1 aliphatic carbocycles. The number of allylic oxidation sites excluding steroid dienone is 6. The minimum absolute atomic E-state index is 0. The Kier molecular flexibility index (Phi) is 4.48. The van der Waals surface area contributed by atoms with Crippen LogP contribution in [-0.2, 0) is 0 Å². The Balaban J connectivity index is 0.00000112. The first-order chi connectivity index (χ1) is 6.86. The molecule has 0 saturated carbocycles. The van der Waals surface area contributed by atoms with E-state index in [2.05, 4.69) is 61.6 Å². The van der Waals surface area contributed by atoms with Gasteiger partial charge in [0, 0.05) is 18.2 Å². The second-order valence-corrected chi connectivity index (χ2v) is 3.45. The third kappa shape index (κ3) is 3.16. The van der Waals surface area contributed by atoms with Crippen molar-refractivity contribution in [3.05, 3.63) is 65.8 Å². The van der Waals surface area contributed by atoms with Gasteiger partial charge in [0.2, 0.25) is 0 Å². The van der Waals surface area contributed by atoms with E-state index in [-0.39, 0.29) is 17.0 Å². The maximum atomic E-state index is 3.36. The van der Waals surface area contributed by atoms with E-state index in [4.69, 9.17) is 0 Å². The minimum atomic E-state index is 0. The Bertz CT molecular complexity index is 394. The normalized spacial score (nSPS) is 13.5. The molecule has 1 aliphatic rings. The van der Waals surface area contributed by atoms with Gasteiger partial charge < -0.3 is 17.0 Å². The van der Waals surface area contributed by atoms with Crippen molar-refractivity contribution in [1.29, 1.82) is 0 Å². The number of rotatable bonds is 1. The predicted octanol–water partition coefficient (Wildman–Crippen LogP) is 0.702. The Morgan fingerprint density at radius 3 is 2.53 bits per heavy atom. The monoisotopic (exact) mass is 260 g/mol. The summed E-state index contributed by atoms with van der Waals surface area (Å²) >= 11 is 0. The van der Waals surface area contributed by atoms with Gasteiger partial charge in [-0.2, -0.15) is 0 Å². The predicted molar refractivity (Wildman–Crippen MR) is 60.7 cm³/mol. The van der Waals surface area contributed by atoms with Gasteiger partial charge in [0.05, 0.1) is 18.1 Å². The molecule has 0 nitrogen and oxygen atoms in total. The number of halogens is 1. The Morgan fingerprint density at radius 2 is 1.80 bits per heavy atom. The Morgan fingerprint density at radius 1 is 1.07 bits per heavy atom. The highest BCUT2D eigenvalue weighted by atomic mass is 79.9. The van der Waals surface area contributed by atoms with Gasteiger partial charge >= 0.3 is 0 Å². The topological polar surface area (TPSA) is 0 Å². The minimum Gasteiger partial charge on any atom is -1.00 e. The van der Waals surface area contributed by atoms with Crippen molar-refractivity contribution >= 4 is 5.57 Å². The van der Waals surface area contributed by atoms with Crippen LogP contribution in [0, 0.1) is 13.0 Å². The third-order valence-electron chi connectivity index (χ3n) is 2.28. The van der Waals surface area contributed by atoms with Crippen LogP contribution < -0.4 is 17.0 Å². The number of hydrogen-bond donors (Lipinski definition) is 0. The summed E-state index contributed by atoms with van der Waals surface area (Å²) in [6, 6.07) is 8.56. The Labute approximate surface area is 102 Å². The quantitative estimate of drug-likeness (QED) is 0.653. The lowest BCUT2D eigenvalue weighted by Crippen LogP contribution is -3.00. The maximum Gasteiger partial charge on any atom is 0.191 e. The third-order valence-corrected chi connectivity index (χ3v) is 2.28. The lowest BCUT2D eigenvalue weighted by Gasteiger charge is -1.92. The molecule has 0 amide bonds. The first-order valence-corrected chi connectivity index (χ1v) is 4.87. The molecule has 1 aromatic carbocycles. The summed E-state index contributed by atoms with van der Waals surface area (Å²) in [4.78, 5) is 0. The first kappa shape index (κ1) is 11.9. The molecule has 0 radical (unpaired) electrons. The molecule has 0 atom stereocenters. The molecule has 0 fully saturated rings. The van der Waals surface area contributed by atoms with Crippen LogP contribution in [0.5, 0.6) is 0 Å². The molecule has 0 unspecified atom stereocenters. The van der Waals surface area contributed by atoms with Gasteiger partial charge in [-0.15, -0.1) is 0 Å². The van der Waals surface area contributed by atoms with Crippen molar-refractivity contribution in [2.24, 2.45) is 0 Å². The summed E-state index contributed by atoms with van der Waals surface area (Å²) in [6.07, 6.45) is 12.6. The molecule has 0 aromatic heterocycles. The van der Waals surface area contributed by atoms with Crippen molar-refractivity contribution in [1.82, 2.24) is 0 Å². The molecule has 0 bridgehead atoms. The number of aryl methyl sites for hydroxylation is 1. The van der Waals surface area contributed by atoms with E-state index in [9.17, 15) is 0 Å². The fraction of sp³-hybridized carbons (Fsp3) is 0.143. The van der Waals surface area contributed by atoms with E-state index in [1.807, 2.05) is 0 Å². The van der Waals surface area contributed by atoms with Crippen LogP contribution in [0.3, 0.4) is 0 Å². The summed E-state index contributed by atoms with van der Waals surface area (Å²) < 4.78 is 0. The van der Waals surface area contributed by atoms with Crippen LogP contribution in [0.2, 0.25) is 0 Å². The smallest absolute Gasteiger partial charge is 0.191 e. The second kappa shape index (κ2) is 5.65. The van der Waals surface area contributed by atoms with Gasteiger partial charge in [-0.05, 0) is 30.7 Å². The number of benzene rings is 1. The summed E-state index contributed by atoms with van der Waals surface area (Å²) in [5, 5.41) is 0. The van der Waals surface area contributed by atoms with Crippen molar-refractivity contribution < 1.29 is 17.0 Å². The standard InChI is InChI=1S/C14H13.BrH/c1-12-8-10-14(11-9-12)13-6-4-2-3-5-7-13;/h2-4,6,8-11H,5H2,1H3;1H/q+1;/p-1. The van der Waals surface area contributed by atoms with Gasteiger partial charge in [0.1, 0.15) is 0 Å². The van der Waals surface area contributed by atoms with E-state index >= 15 is 0 Å². The molecule has 0 saturated heterocycles. The van der Waals surface area contributed by atoms with Crippen LogP contribution in [0.4, 0.5) is 0 Å². The number of hydrogen-bond acceptors (Lipinski definition) is 0. The van der Waals surface area contributed by atoms with E-state index in [0.29, 0.717) is 0 Å². The van der Waals surface area contributed by atoms with E-state index in [0.717, 1.165) is 6.42 Å². The summed E-state index contributed by atoms with van der Waals surface area (Å²) in [5.74, 6) is 0. The van der Waals surface area contributed by atoms with Crippen LogP contribution in [0.25, 0.3) is 5.57 Å². The highest BCUT2D eigenvalue weighted by Gasteiger charge is 2.08. The van der Waals surface area contributed by atoms with Crippen molar-refractivity contribution in [3.63, 3.8) is 0 Å². The lowest BCUT2D eigenvalue weighted by atomic mass is 10.0. The summed E-state index contributed by atoms with van der Waals surface area (Å²) in [5.41, 5.74) is 3.73. The van der Waals surface area contributed by atoms with Crippen molar-refractivity contribution in [3.8, 4) is 0 Å². The Hall–Kier alpha value is -1.17. The molecule has 76 valence electrons. The molecule has 1 heteroatoms. The van der Waals surface area contributed by atoms with Gasteiger partial charge in [0.25, 0.3) is 0 Å². The molecule has 0 aliphatic heterocycles. The van der Waals surface area contributed by atoms with Crippen LogP contribution in [0.15, 0.2) is 48.6 Å². The lowest BCUT2D eigenvalue weighted by molar-refractivity contribution is -0.00000281. The first-order valence-electron chi connectivity index (χ1n) is 4.87. The zero-order valence-corrected chi connectivity index (χ0v) is 10.3. The van der Waals surface area contributed by atoms with Gasteiger partial charge in [-0.3, -0.25) is 0 Å². The SMILES string of the molecule is Cc1ccc(C2=[C+]CC=CC=C2)cc1.[Br-]. The van der Waals surface area contributed by atoms with E-state index in [1.54, 1.807) is 0 Å². The van der Waals surface area contributed by atoms with Crippen molar-refractivity contribution in [2.75, 3.05) is 0 Å². The molecule has 1 aromatic rings. The van der Waals surface area contributed by atoms with E-state index in [1.165, 1.54) is 16.7 Å². The van der Waals surface area contributed by atoms with Gasteiger partial charge in [-0.1, -0.05) is 12.2 Å². The van der Waals surface area contributed by atoms with Crippen molar-refractivity contribution in [2.45, 2.75) is 13.3 Å². The summed E-state index contributed by atoms with van der Waals surface area (Å²) in [7, 11) is 0. The highest BCUT2D eigenvalue weighted by molar-refractivity contribution is 5.73. The maximum absolute atomic E-state index is 3.36. The van der Waals surface area contributed by atoms with E-state index < -0.39 is 0 Å². The van der Waals surface area contributed by atoms with Crippen LogP contribution >= 0.6 is 0 Å². The average molecular weight is 261 g/mol. The zero-order chi connectivity index (χ0) is 9.80.